The third kappa shape index (κ3) is 9.97. The molecule has 1 atom stereocenters. The number of hydrogen-bond acceptors (Lipinski definition) is 10. The number of unbranched alkanes of at least 4 members (excludes halogenated alkanes) is 5. The van der Waals surface area contributed by atoms with Gasteiger partial charge < -0.3 is 15.1 Å². The molecule has 0 radical (unpaired) electrons. The van der Waals surface area contributed by atoms with E-state index in [9.17, 15) is 14.4 Å². The van der Waals surface area contributed by atoms with E-state index in [1.165, 1.54) is 70.2 Å². The number of pyridine rings is 1. The third-order valence-corrected chi connectivity index (χ3v) is 16.0. The minimum absolute atomic E-state index is 0.123. The number of aryl methyl sites for hydroxylation is 1. The highest BCUT2D eigenvalue weighted by molar-refractivity contribution is 7.22. The van der Waals surface area contributed by atoms with Gasteiger partial charge in [-0.25, -0.2) is 14.4 Å². The van der Waals surface area contributed by atoms with Gasteiger partial charge in [-0.3, -0.25) is 29.5 Å². The Morgan fingerprint density at radius 3 is 2.33 bits per heavy atom. The Bertz CT molecular complexity index is 3100. The quantitative estimate of drug-likeness (QED) is 0.0723. The number of halogens is 1. The molecule has 4 aromatic carbocycles. The number of hydrogen-bond donors (Lipinski definition) is 2. The summed E-state index contributed by atoms with van der Waals surface area (Å²) in [4.78, 5) is 58.3. The molecule has 72 heavy (non-hydrogen) atoms. The van der Waals surface area contributed by atoms with Crippen LogP contribution in [0.5, 0.6) is 0 Å². The number of piperidine rings is 1. The van der Waals surface area contributed by atoms with Crippen LogP contribution in [-0.4, -0.2) is 82.8 Å². The number of imide groups is 1. The molecule has 4 aliphatic rings. The number of benzene rings is 4. The molecule has 0 spiro atoms. The van der Waals surface area contributed by atoms with E-state index in [4.69, 9.17) is 4.98 Å². The van der Waals surface area contributed by atoms with Gasteiger partial charge in [0, 0.05) is 61.8 Å². The maximum atomic E-state index is 15.5. The lowest BCUT2D eigenvalue weighted by Gasteiger charge is -2.36. The maximum absolute atomic E-state index is 15.5. The van der Waals surface area contributed by atoms with Gasteiger partial charge in [0.05, 0.1) is 38.8 Å². The smallest absolute Gasteiger partial charge is 0.262 e. The molecule has 0 saturated carbocycles. The first-order chi connectivity index (χ1) is 34.9. The number of para-hydroxylation sites is 1. The second-order valence-electron chi connectivity index (χ2n) is 19.8. The summed E-state index contributed by atoms with van der Waals surface area (Å²) in [5.74, 6) is -0.599. The van der Waals surface area contributed by atoms with Crippen LogP contribution in [0.25, 0.3) is 26.9 Å². The van der Waals surface area contributed by atoms with Crippen molar-refractivity contribution in [2.24, 2.45) is 0 Å². The van der Waals surface area contributed by atoms with Gasteiger partial charge in [-0.15, -0.1) is 0 Å². The average Bonchev–Trinajstić information content (AvgIpc) is 3.90. The van der Waals surface area contributed by atoms with Crippen molar-refractivity contribution in [3.8, 4) is 11.1 Å². The summed E-state index contributed by atoms with van der Waals surface area (Å²) in [5, 5.41) is 6.74. The highest BCUT2D eigenvalue weighted by Gasteiger charge is 2.43. The van der Waals surface area contributed by atoms with Crippen LogP contribution >= 0.6 is 11.3 Å². The standard InChI is InChI=1S/C59H63FN8O3S/c1-37(2)55-44(24-26-54(63-55)67-29-27-42-18-15-20-45(48(42)36-67)56(69)64-59-62-50-21-11-12-22-53(50)72-59)43-19-14-17-41(39(43)4)16-10-8-6-7-9-13-28-65-30-32-66(33-31-65)52-35-47-46(34-49(52)60)57(70)68(58(47)71)51-25-23-38(3)61-40(51)5/h11-12,14-15,17-22,24,26,34-35,51,61H,1,3,5-10,13,16,23,25,27-33,36H2,2,4H3,(H,62,64,69). The zero-order valence-corrected chi connectivity index (χ0v) is 42.3. The van der Waals surface area contributed by atoms with Crippen molar-refractivity contribution in [2.75, 3.05) is 54.4 Å². The van der Waals surface area contributed by atoms with E-state index in [0.29, 0.717) is 54.6 Å². The highest BCUT2D eigenvalue weighted by Crippen LogP contribution is 2.37. The van der Waals surface area contributed by atoms with Gasteiger partial charge in [0.2, 0.25) is 0 Å². The molecule has 2 saturated heterocycles. The average molecular weight is 983 g/mol. The van der Waals surface area contributed by atoms with E-state index in [2.05, 4.69) is 88.5 Å². The molecule has 2 fully saturated rings. The molecule has 2 N–H and O–H groups in total. The van der Waals surface area contributed by atoms with E-state index in [0.717, 1.165) is 96.0 Å². The number of carbonyl (C=O) groups excluding carboxylic acids is 3. The monoisotopic (exact) mass is 982 g/mol. The molecule has 13 heteroatoms. The molecule has 0 aliphatic carbocycles. The Balaban J connectivity index is 0.679. The number of fused-ring (bicyclic) bond motifs is 3. The van der Waals surface area contributed by atoms with Crippen LogP contribution in [0.2, 0.25) is 0 Å². The van der Waals surface area contributed by atoms with Gasteiger partial charge in [0.1, 0.15) is 11.6 Å². The largest absolute Gasteiger partial charge is 0.367 e. The Morgan fingerprint density at radius 1 is 0.806 bits per heavy atom. The maximum Gasteiger partial charge on any atom is 0.262 e. The van der Waals surface area contributed by atoms with E-state index in [-0.39, 0.29) is 17.0 Å². The lowest BCUT2D eigenvalue weighted by molar-refractivity contribution is 0.0591. The van der Waals surface area contributed by atoms with Crippen LogP contribution in [0.4, 0.5) is 21.0 Å². The van der Waals surface area contributed by atoms with E-state index >= 15 is 4.39 Å². The lowest BCUT2D eigenvalue weighted by Crippen LogP contribution is -2.47. The van der Waals surface area contributed by atoms with Crippen LogP contribution in [0.3, 0.4) is 0 Å². The van der Waals surface area contributed by atoms with E-state index in [1.807, 2.05) is 48.2 Å². The SMILES string of the molecule is C=C1CCC(N2C(=O)c3cc(F)c(N4CCN(CCCCCCCCc5cccc(-c6ccc(N7CCc8cccc(C(=O)Nc9nc%10ccccc%10s9)c8C7)nc6C(=C)C)c5C)CC4)cc3C2=O)C(=C)N1. The van der Waals surface area contributed by atoms with Gasteiger partial charge in [-0.1, -0.05) is 99.2 Å². The number of thiazole rings is 1. The van der Waals surface area contributed by atoms with Crippen molar-refractivity contribution in [3.05, 3.63) is 167 Å². The predicted octanol–water partition coefficient (Wildman–Crippen LogP) is 11.7. The first kappa shape index (κ1) is 48.7. The van der Waals surface area contributed by atoms with Crippen LogP contribution in [0, 0.1) is 12.7 Å². The highest BCUT2D eigenvalue weighted by atomic mass is 32.1. The number of nitrogens with zero attached hydrogens (tertiary/aromatic N) is 6. The number of amides is 3. The van der Waals surface area contributed by atoms with E-state index in [1.54, 1.807) is 6.07 Å². The molecule has 11 nitrogen and oxygen atoms in total. The summed E-state index contributed by atoms with van der Waals surface area (Å²) in [6, 6.07) is 27.2. The first-order valence-corrected chi connectivity index (χ1v) is 26.3. The minimum Gasteiger partial charge on any atom is -0.367 e. The number of piperazine rings is 1. The Kier molecular flexibility index (Phi) is 14.2. The number of nitrogens with one attached hydrogen (secondary N) is 2. The van der Waals surface area contributed by atoms with Crippen LogP contribution < -0.4 is 20.4 Å². The zero-order chi connectivity index (χ0) is 50.0. The third-order valence-electron chi connectivity index (χ3n) is 15.0. The van der Waals surface area contributed by atoms with Gasteiger partial charge in [0.25, 0.3) is 17.7 Å². The minimum atomic E-state index is -0.485. The normalized spacial score (nSPS) is 17.1. The summed E-state index contributed by atoms with van der Waals surface area (Å²) in [6.45, 7) is 21.9. The second kappa shape index (κ2) is 21.0. The molecular formula is C59H63FN8O3S. The van der Waals surface area contributed by atoms with Crippen LogP contribution in [0.15, 0.2) is 116 Å². The second-order valence-corrected chi connectivity index (χ2v) is 20.9. The van der Waals surface area contributed by atoms with Gasteiger partial charge in [0.15, 0.2) is 5.13 Å². The number of carbonyl (C=O) groups is 3. The van der Waals surface area contributed by atoms with Crippen molar-refractivity contribution in [1.29, 1.82) is 0 Å². The summed E-state index contributed by atoms with van der Waals surface area (Å²) in [6.07, 6.45) is 10.0. The fraction of sp³-hybridized carbons (Fsp3) is 0.339. The van der Waals surface area contributed by atoms with Crippen LogP contribution in [-0.2, 0) is 19.4 Å². The van der Waals surface area contributed by atoms with E-state index < -0.39 is 23.7 Å². The number of allylic oxidation sites excluding steroid dienone is 2. The molecule has 6 heterocycles. The van der Waals surface area contributed by atoms with Gasteiger partial charge >= 0.3 is 0 Å². The van der Waals surface area contributed by atoms with Crippen molar-refractivity contribution >= 4 is 61.5 Å². The molecule has 2 aromatic heterocycles. The number of anilines is 3. The molecule has 10 rings (SSSR count). The van der Waals surface area contributed by atoms with Crippen molar-refractivity contribution < 1.29 is 18.8 Å². The molecule has 0 bridgehead atoms. The Morgan fingerprint density at radius 2 is 1.56 bits per heavy atom. The summed E-state index contributed by atoms with van der Waals surface area (Å²) < 4.78 is 16.6. The number of rotatable bonds is 16. The first-order valence-electron chi connectivity index (χ1n) is 25.5. The number of aromatic nitrogens is 2. The lowest BCUT2D eigenvalue weighted by atomic mass is 9.91. The summed E-state index contributed by atoms with van der Waals surface area (Å²) >= 11 is 1.48. The molecule has 6 aromatic rings. The zero-order valence-electron chi connectivity index (χ0n) is 41.5. The summed E-state index contributed by atoms with van der Waals surface area (Å²) in [5.41, 5.74) is 12.6. The van der Waals surface area contributed by atoms with Gasteiger partial charge in [-0.05, 0) is 135 Å². The fourth-order valence-electron chi connectivity index (χ4n) is 11.0. The fourth-order valence-corrected chi connectivity index (χ4v) is 11.9. The Labute approximate surface area is 426 Å². The van der Waals surface area contributed by atoms with Crippen molar-refractivity contribution in [3.63, 3.8) is 0 Å². The van der Waals surface area contributed by atoms with Gasteiger partial charge in [-0.2, -0.15) is 0 Å². The van der Waals surface area contributed by atoms with Crippen LogP contribution in [0.1, 0.15) is 117 Å². The van der Waals surface area contributed by atoms with Crippen molar-refractivity contribution in [2.45, 2.75) is 90.6 Å². The molecule has 1 unspecified atom stereocenters. The molecular weight excluding hydrogens is 920 g/mol. The molecule has 370 valence electrons. The Hall–Kier alpha value is -6.96. The molecule has 3 amide bonds. The predicted molar refractivity (Wildman–Crippen MR) is 289 cm³/mol. The molecule has 4 aliphatic heterocycles. The summed E-state index contributed by atoms with van der Waals surface area (Å²) in [7, 11) is 0. The van der Waals surface area contributed by atoms with Crippen molar-refractivity contribution in [1.82, 2.24) is 25.1 Å². The topological polar surface area (TPSA) is 114 Å².